The summed E-state index contributed by atoms with van der Waals surface area (Å²) in [4.78, 5) is 0. The highest BCUT2D eigenvalue weighted by molar-refractivity contribution is 5.36. The predicted molar refractivity (Wildman–Crippen MR) is 51.9 cm³/mol. The minimum atomic E-state index is -0.899. The van der Waals surface area contributed by atoms with E-state index in [9.17, 15) is 5.11 Å². The number of aliphatic hydroxyl groups is 1. The molecule has 14 heavy (non-hydrogen) atoms. The van der Waals surface area contributed by atoms with Crippen molar-refractivity contribution in [3.8, 4) is 0 Å². The molecule has 1 aliphatic carbocycles. The highest BCUT2D eigenvalue weighted by atomic mass is 16.7. The van der Waals surface area contributed by atoms with Crippen LogP contribution in [0, 0.1) is 0 Å². The summed E-state index contributed by atoms with van der Waals surface area (Å²) < 4.78 is 10.5. The van der Waals surface area contributed by atoms with E-state index in [1.165, 1.54) is 0 Å². The lowest BCUT2D eigenvalue weighted by Crippen LogP contribution is -2.38. The molecule has 0 heterocycles. The molecule has 0 bridgehead atoms. The molecule has 1 aliphatic rings. The molecule has 0 spiro atoms. The summed E-state index contributed by atoms with van der Waals surface area (Å²) >= 11 is 0. The molecule has 1 aromatic rings. The van der Waals surface area contributed by atoms with E-state index in [1.54, 1.807) is 14.2 Å². The van der Waals surface area contributed by atoms with Gasteiger partial charge in [-0.25, -0.2) is 0 Å². The molecule has 0 saturated heterocycles. The number of rotatable bonds is 2. The van der Waals surface area contributed by atoms with Gasteiger partial charge in [0.2, 0.25) is 5.79 Å². The Morgan fingerprint density at radius 3 is 2.50 bits per heavy atom. The van der Waals surface area contributed by atoms with Crippen LogP contribution in [0.2, 0.25) is 0 Å². The molecule has 0 radical (unpaired) electrons. The zero-order valence-electron chi connectivity index (χ0n) is 8.36. The Hall–Kier alpha value is -0.900. The molecule has 0 fully saturated rings. The number of benzene rings is 1. The fourth-order valence-electron chi connectivity index (χ4n) is 2.01. The fraction of sp³-hybridized carbons (Fsp3) is 0.455. The summed E-state index contributed by atoms with van der Waals surface area (Å²) in [6.45, 7) is 0. The maximum Gasteiger partial charge on any atom is 0.202 e. The first-order valence-corrected chi connectivity index (χ1v) is 4.59. The summed E-state index contributed by atoms with van der Waals surface area (Å²) in [7, 11) is 3.11. The Kier molecular flexibility index (Phi) is 2.31. The molecule has 0 aromatic heterocycles. The summed E-state index contributed by atoms with van der Waals surface area (Å²) in [5, 5.41) is 10.0. The largest absolute Gasteiger partial charge is 0.383 e. The Morgan fingerprint density at radius 2 is 1.93 bits per heavy atom. The van der Waals surface area contributed by atoms with Gasteiger partial charge in [0.25, 0.3) is 0 Å². The lowest BCUT2D eigenvalue weighted by molar-refractivity contribution is -0.252. The first-order valence-electron chi connectivity index (χ1n) is 4.59. The molecule has 76 valence electrons. The summed E-state index contributed by atoms with van der Waals surface area (Å²) in [6, 6.07) is 7.74. The van der Waals surface area contributed by atoms with Crippen LogP contribution in [0.3, 0.4) is 0 Å². The van der Waals surface area contributed by atoms with Crippen molar-refractivity contribution in [3.63, 3.8) is 0 Å². The molecule has 1 aromatic carbocycles. The average molecular weight is 194 g/mol. The lowest BCUT2D eigenvalue weighted by Gasteiger charge is -2.29. The first-order chi connectivity index (χ1) is 6.73. The van der Waals surface area contributed by atoms with E-state index < -0.39 is 11.9 Å². The smallest absolute Gasteiger partial charge is 0.202 e. The highest BCUT2D eigenvalue weighted by Gasteiger charge is 2.46. The van der Waals surface area contributed by atoms with Crippen LogP contribution in [-0.4, -0.2) is 25.1 Å². The van der Waals surface area contributed by atoms with Crippen molar-refractivity contribution in [2.45, 2.75) is 18.3 Å². The van der Waals surface area contributed by atoms with Crippen LogP contribution in [0.1, 0.15) is 17.2 Å². The predicted octanol–water partition coefficient (Wildman–Crippen LogP) is 1.27. The Labute approximate surface area is 83.3 Å². The molecule has 3 heteroatoms. The molecule has 0 amide bonds. The third-order valence-electron chi connectivity index (χ3n) is 2.89. The van der Waals surface area contributed by atoms with Crippen LogP contribution in [-0.2, 0) is 15.9 Å². The van der Waals surface area contributed by atoms with Gasteiger partial charge in [-0.05, 0) is 11.1 Å². The van der Waals surface area contributed by atoms with Gasteiger partial charge in [-0.15, -0.1) is 0 Å². The zero-order valence-corrected chi connectivity index (χ0v) is 8.36. The number of ether oxygens (including phenoxy) is 2. The SMILES string of the molecule is COC1(OC)Cc2ccccc2[C@@H]1O. The molecule has 2 rings (SSSR count). The van der Waals surface area contributed by atoms with Gasteiger partial charge in [0.1, 0.15) is 6.10 Å². The van der Waals surface area contributed by atoms with Crippen molar-refractivity contribution in [1.82, 2.24) is 0 Å². The van der Waals surface area contributed by atoms with Crippen LogP contribution in [0.25, 0.3) is 0 Å². The third kappa shape index (κ3) is 1.17. The number of hydrogen-bond donors (Lipinski definition) is 1. The van der Waals surface area contributed by atoms with Crippen LogP contribution in [0.4, 0.5) is 0 Å². The molecule has 1 atom stereocenters. The van der Waals surface area contributed by atoms with E-state index in [0.29, 0.717) is 6.42 Å². The Morgan fingerprint density at radius 1 is 1.29 bits per heavy atom. The number of fused-ring (bicyclic) bond motifs is 1. The summed E-state index contributed by atoms with van der Waals surface area (Å²) in [5.74, 6) is -0.899. The van der Waals surface area contributed by atoms with E-state index in [0.717, 1.165) is 11.1 Å². The number of aliphatic hydroxyl groups excluding tert-OH is 1. The molecular weight excluding hydrogens is 180 g/mol. The van der Waals surface area contributed by atoms with Crippen molar-refractivity contribution < 1.29 is 14.6 Å². The van der Waals surface area contributed by atoms with E-state index in [4.69, 9.17) is 9.47 Å². The first kappa shape index (κ1) is 9.65. The van der Waals surface area contributed by atoms with Gasteiger partial charge >= 0.3 is 0 Å². The minimum absolute atomic E-state index is 0.595. The molecule has 1 N–H and O–H groups in total. The fourth-order valence-corrected chi connectivity index (χ4v) is 2.01. The number of methoxy groups -OCH3 is 2. The average Bonchev–Trinajstić information content (AvgIpc) is 2.53. The second-order valence-electron chi connectivity index (χ2n) is 3.50. The van der Waals surface area contributed by atoms with Gasteiger partial charge in [-0.2, -0.15) is 0 Å². The second kappa shape index (κ2) is 3.35. The lowest BCUT2D eigenvalue weighted by atomic mass is 10.1. The quantitative estimate of drug-likeness (QED) is 0.720. The standard InChI is InChI=1S/C11H14O3/c1-13-11(14-2)7-8-5-3-4-6-9(8)10(11)12/h3-6,10,12H,7H2,1-2H3/t10-/m0/s1. The highest BCUT2D eigenvalue weighted by Crippen LogP contribution is 2.41. The second-order valence-corrected chi connectivity index (χ2v) is 3.50. The monoisotopic (exact) mass is 194 g/mol. The normalized spacial score (nSPS) is 23.5. The maximum absolute atomic E-state index is 10.0. The van der Waals surface area contributed by atoms with E-state index in [2.05, 4.69) is 0 Å². The summed E-state index contributed by atoms with van der Waals surface area (Å²) in [6.07, 6.45) is -0.106. The molecule has 0 aliphatic heterocycles. The van der Waals surface area contributed by atoms with Gasteiger partial charge in [0.15, 0.2) is 0 Å². The number of hydrogen-bond acceptors (Lipinski definition) is 3. The molecule has 0 unspecified atom stereocenters. The Bertz CT molecular complexity index is 331. The zero-order chi connectivity index (χ0) is 10.2. The van der Waals surface area contributed by atoms with E-state index in [1.807, 2.05) is 24.3 Å². The molecular formula is C11H14O3. The van der Waals surface area contributed by atoms with Gasteiger partial charge in [-0.3, -0.25) is 0 Å². The topological polar surface area (TPSA) is 38.7 Å². The van der Waals surface area contributed by atoms with Gasteiger partial charge < -0.3 is 14.6 Å². The van der Waals surface area contributed by atoms with Crippen molar-refractivity contribution in [3.05, 3.63) is 35.4 Å². The van der Waals surface area contributed by atoms with Crippen LogP contribution in [0.5, 0.6) is 0 Å². The van der Waals surface area contributed by atoms with Crippen LogP contribution < -0.4 is 0 Å². The van der Waals surface area contributed by atoms with Gasteiger partial charge in [0.05, 0.1) is 0 Å². The molecule has 0 saturated carbocycles. The van der Waals surface area contributed by atoms with Crippen LogP contribution in [0.15, 0.2) is 24.3 Å². The van der Waals surface area contributed by atoms with E-state index in [-0.39, 0.29) is 0 Å². The summed E-state index contributed by atoms with van der Waals surface area (Å²) in [5.41, 5.74) is 1.99. The Balaban J connectivity index is 2.42. The van der Waals surface area contributed by atoms with Crippen LogP contribution >= 0.6 is 0 Å². The van der Waals surface area contributed by atoms with Crippen molar-refractivity contribution in [1.29, 1.82) is 0 Å². The minimum Gasteiger partial charge on any atom is -0.383 e. The van der Waals surface area contributed by atoms with Gasteiger partial charge in [-0.1, -0.05) is 24.3 Å². The third-order valence-corrected chi connectivity index (χ3v) is 2.89. The van der Waals surface area contributed by atoms with Crippen molar-refractivity contribution in [2.24, 2.45) is 0 Å². The van der Waals surface area contributed by atoms with Crippen molar-refractivity contribution in [2.75, 3.05) is 14.2 Å². The molecule has 3 nitrogen and oxygen atoms in total. The van der Waals surface area contributed by atoms with Crippen molar-refractivity contribution >= 4 is 0 Å². The maximum atomic E-state index is 10.0. The van der Waals surface area contributed by atoms with Gasteiger partial charge in [0, 0.05) is 20.6 Å². The van der Waals surface area contributed by atoms with E-state index >= 15 is 0 Å².